The number of rotatable bonds is 11. The first kappa shape index (κ1) is 31.1. The average molecular weight is 593 g/mol. The van der Waals surface area contributed by atoms with Crippen molar-refractivity contribution in [3.63, 3.8) is 0 Å². The lowest BCUT2D eigenvalue weighted by Crippen LogP contribution is -2.49. The number of nitrogens with zero attached hydrogens (tertiary/aromatic N) is 8. The minimum absolute atomic E-state index is 0.0734. The lowest BCUT2D eigenvalue weighted by molar-refractivity contribution is -0.137. The number of pyridine rings is 1. The Bertz CT molecular complexity index is 1340. The van der Waals surface area contributed by atoms with E-state index in [0.717, 1.165) is 94.1 Å². The molecule has 5 heterocycles. The van der Waals surface area contributed by atoms with Gasteiger partial charge in [0.25, 0.3) is 0 Å². The van der Waals surface area contributed by atoms with Crippen molar-refractivity contribution in [1.82, 2.24) is 34.5 Å². The van der Waals surface area contributed by atoms with Gasteiger partial charge in [0, 0.05) is 63.9 Å². The monoisotopic (exact) mass is 592 g/mol. The highest BCUT2D eigenvalue weighted by Gasteiger charge is 2.33. The minimum Gasteiger partial charge on any atom is -0.478 e. The van der Waals surface area contributed by atoms with Crippen molar-refractivity contribution in [1.29, 1.82) is 0 Å². The van der Waals surface area contributed by atoms with Crippen molar-refractivity contribution in [2.75, 3.05) is 64.5 Å². The van der Waals surface area contributed by atoms with E-state index >= 15 is 0 Å². The fourth-order valence-electron chi connectivity index (χ4n) is 6.32. The van der Waals surface area contributed by atoms with Crippen molar-refractivity contribution in [2.45, 2.75) is 65.5 Å². The summed E-state index contributed by atoms with van der Waals surface area (Å²) >= 11 is 0. The summed E-state index contributed by atoms with van der Waals surface area (Å²) in [6.07, 6.45) is 7.26. The molecule has 2 aliphatic rings. The average Bonchev–Trinajstić information content (AvgIpc) is 3.42. The second-order valence-electron chi connectivity index (χ2n) is 12.8. The summed E-state index contributed by atoms with van der Waals surface area (Å²) in [4.78, 5) is 34.2. The number of ether oxygens (including phenoxy) is 2. The maximum Gasteiger partial charge on any atom is 0.225 e. The molecule has 5 rings (SSSR count). The van der Waals surface area contributed by atoms with Gasteiger partial charge in [0.15, 0.2) is 5.65 Å². The topological polar surface area (TPSA) is 102 Å². The number of fused-ring (bicyclic) bond motifs is 1. The molecule has 11 nitrogen and oxygen atoms in total. The van der Waals surface area contributed by atoms with Crippen molar-refractivity contribution >= 4 is 22.8 Å². The van der Waals surface area contributed by atoms with Crippen molar-refractivity contribution in [2.24, 2.45) is 11.8 Å². The number of hydrogen-bond acceptors (Lipinski definition) is 9. The van der Waals surface area contributed by atoms with E-state index in [1.165, 1.54) is 0 Å². The zero-order valence-electron chi connectivity index (χ0n) is 26.5. The number of amides is 1. The van der Waals surface area contributed by atoms with Gasteiger partial charge in [-0.1, -0.05) is 6.07 Å². The Kier molecular flexibility index (Phi) is 10.1. The maximum absolute atomic E-state index is 13.5. The number of likely N-dealkylation sites (tertiary alicyclic amines) is 1. The van der Waals surface area contributed by atoms with Gasteiger partial charge in [0.2, 0.25) is 11.8 Å². The van der Waals surface area contributed by atoms with E-state index in [0.29, 0.717) is 30.9 Å². The molecule has 0 unspecified atom stereocenters. The summed E-state index contributed by atoms with van der Waals surface area (Å²) in [6.45, 7) is 15.9. The summed E-state index contributed by atoms with van der Waals surface area (Å²) in [6, 6.07) is 5.77. The quantitative estimate of drug-likeness (QED) is 0.328. The van der Waals surface area contributed by atoms with Gasteiger partial charge >= 0.3 is 0 Å². The summed E-state index contributed by atoms with van der Waals surface area (Å²) in [5.41, 5.74) is 1.75. The zero-order chi connectivity index (χ0) is 30.4. The van der Waals surface area contributed by atoms with E-state index in [9.17, 15) is 4.79 Å². The molecule has 0 radical (unpaired) electrons. The smallest absolute Gasteiger partial charge is 0.225 e. The highest BCUT2D eigenvalue weighted by molar-refractivity contribution is 5.87. The molecule has 1 amide bonds. The standard InChI is InChI=1S/C32H48N8O3/c1-6-43-28-9-7-8-26(36-28)22-40-30-27(20-35-40)29(33-23-34-30)37-16-12-25(13-17-37)31(41)38-14-10-24(11-15-38)21-39(18-19-42-5)32(2,3)4/h7-9,20,23-25H,6,10-19,21-22H2,1-5H3. The summed E-state index contributed by atoms with van der Waals surface area (Å²) < 4.78 is 12.8. The third-order valence-corrected chi connectivity index (χ3v) is 8.86. The SMILES string of the molecule is CCOc1cccc(Cn2ncc3c(N4CCC(C(=O)N5CCC(CN(CCOC)C(C)(C)C)CC5)CC4)ncnc32)n1. The largest absolute Gasteiger partial charge is 0.478 e. The number of carbonyl (C=O) groups excluding carboxylic acids is 1. The van der Waals surface area contributed by atoms with Crippen LogP contribution in [0, 0.1) is 11.8 Å². The highest BCUT2D eigenvalue weighted by Crippen LogP contribution is 2.30. The number of anilines is 1. The van der Waals surface area contributed by atoms with Crippen molar-refractivity contribution in [3.8, 4) is 5.88 Å². The molecular formula is C32H48N8O3. The van der Waals surface area contributed by atoms with Crippen LogP contribution in [0.2, 0.25) is 0 Å². The number of piperidine rings is 2. The molecular weight excluding hydrogens is 544 g/mol. The molecule has 234 valence electrons. The van der Waals surface area contributed by atoms with E-state index in [-0.39, 0.29) is 11.5 Å². The summed E-state index contributed by atoms with van der Waals surface area (Å²) in [5.74, 6) is 2.51. The van der Waals surface area contributed by atoms with Gasteiger partial charge in [-0.05, 0) is 65.4 Å². The van der Waals surface area contributed by atoms with Gasteiger partial charge in [-0.25, -0.2) is 19.6 Å². The van der Waals surface area contributed by atoms with Crippen LogP contribution in [0.3, 0.4) is 0 Å². The van der Waals surface area contributed by atoms with E-state index in [2.05, 4.69) is 55.5 Å². The number of methoxy groups -OCH3 is 1. The predicted octanol–water partition coefficient (Wildman–Crippen LogP) is 3.87. The normalized spacial score (nSPS) is 17.3. The predicted molar refractivity (Wildman–Crippen MR) is 167 cm³/mol. The maximum atomic E-state index is 13.5. The van der Waals surface area contributed by atoms with Crippen LogP contribution in [0.5, 0.6) is 5.88 Å². The van der Waals surface area contributed by atoms with Gasteiger partial charge in [-0.15, -0.1) is 0 Å². The van der Waals surface area contributed by atoms with E-state index in [1.807, 2.05) is 36.0 Å². The summed E-state index contributed by atoms with van der Waals surface area (Å²) in [7, 11) is 1.77. The molecule has 2 fully saturated rings. The van der Waals surface area contributed by atoms with Crippen LogP contribution in [-0.2, 0) is 16.1 Å². The van der Waals surface area contributed by atoms with Gasteiger partial charge in [-0.3, -0.25) is 9.69 Å². The lowest BCUT2D eigenvalue weighted by atomic mass is 9.91. The third kappa shape index (κ3) is 7.62. The molecule has 0 bridgehead atoms. The Hall–Kier alpha value is -3.31. The first-order valence-corrected chi connectivity index (χ1v) is 15.8. The Morgan fingerprint density at radius 3 is 2.53 bits per heavy atom. The first-order valence-electron chi connectivity index (χ1n) is 15.8. The number of carbonyl (C=O) groups is 1. The van der Waals surface area contributed by atoms with E-state index < -0.39 is 0 Å². The molecule has 0 atom stereocenters. The van der Waals surface area contributed by atoms with Crippen LogP contribution in [0.25, 0.3) is 11.0 Å². The number of aromatic nitrogens is 5. The van der Waals surface area contributed by atoms with Gasteiger partial charge < -0.3 is 19.3 Å². The van der Waals surface area contributed by atoms with Crippen LogP contribution in [-0.4, -0.2) is 106 Å². The highest BCUT2D eigenvalue weighted by atomic mass is 16.5. The minimum atomic E-state index is 0.0734. The van der Waals surface area contributed by atoms with Gasteiger partial charge in [-0.2, -0.15) is 5.10 Å². The van der Waals surface area contributed by atoms with Gasteiger partial charge in [0.1, 0.15) is 12.1 Å². The lowest BCUT2D eigenvalue weighted by Gasteiger charge is -2.41. The van der Waals surface area contributed by atoms with Crippen LogP contribution in [0.1, 0.15) is 59.1 Å². The van der Waals surface area contributed by atoms with Gasteiger partial charge in [0.05, 0.1) is 37.0 Å². The molecule has 3 aromatic heterocycles. The molecule has 0 aliphatic carbocycles. The van der Waals surface area contributed by atoms with Crippen molar-refractivity contribution in [3.05, 3.63) is 36.4 Å². The molecule has 2 saturated heterocycles. The Labute approximate surface area is 255 Å². The Morgan fingerprint density at radius 2 is 1.84 bits per heavy atom. The molecule has 0 N–H and O–H groups in total. The molecule has 43 heavy (non-hydrogen) atoms. The second kappa shape index (κ2) is 14.0. The van der Waals surface area contributed by atoms with Crippen molar-refractivity contribution < 1.29 is 14.3 Å². The fourth-order valence-corrected chi connectivity index (χ4v) is 6.32. The third-order valence-electron chi connectivity index (χ3n) is 8.86. The molecule has 0 spiro atoms. The fraction of sp³-hybridized carbons (Fsp3) is 0.656. The molecule has 3 aromatic rings. The van der Waals surface area contributed by atoms with Crippen LogP contribution < -0.4 is 9.64 Å². The summed E-state index contributed by atoms with van der Waals surface area (Å²) in [5, 5.41) is 5.54. The molecule has 11 heteroatoms. The molecule has 0 aromatic carbocycles. The number of hydrogen-bond donors (Lipinski definition) is 0. The Morgan fingerprint density at radius 1 is 1.07 bits per heavy atom. The molecule has 2 aliphatic heterocycles. The first-order chi connectivity index (χ1) is 20.8. The van der Waals surface area contributed by atoms with Crippen LogP contribution in [0.4, 0.5) is 5.82 Å². The second-order valence-corrected chi connectivity index (χ2v) is 12.8. The van der Waals surface area contributed by atoms with E-state index in [4.69, 9.17) is 9.47 Å². The molecule has 0 saturated carbocycles. The van der Waals surface area contributed by atoms with Crippen LogP contribution >= 0.6 is 0 Å². The zero-order valence-corrected chi connectivity index (χ0v) is 26.5. The van der Waals surface area contributed by atoms with Crippen LogP contribution in [0.15, 0.2) is 30.7 Å². The van der Waals surface area contributed by atoms with E-state index in [1.54, 1.807) is 13.4 Å². The Balaban J connectivity index is 1.15.